The van der Waals surface area contributed by atoms with Crippen LogP contribution in [0.2, 0.25) is 0 Å². The second kappa shape index (κ2) is 6.58. The molecule has 22 heavy (non-hydrogen) atoms. The van der Waals surface area contributed by atoms with E-state index in [2.05, 4.69) is 26.3 Å². The number of aromatic nitrogens is 2. The van der Waals surface area contributed by atoms with Crippen LogP contribution in [0.1, 0.15) is 15.9 Å². The Balaban J connectivity index is 1.66. The second-order valence-electron chi connectivity index (χ2n) is 4.87. The molecule has 110 valence electrons. The van der Waals surface area contributed by atoms with Crippen LogP contribution in [0.15, 0.2) is 71.5 Å². The third-order valence-corrected chi connectivity index (χ3v) is 3.71. The van der Waals surface area contributed by atoms with Crippen LogP contribution >= 0.6 is 15.9 Å². The van der Waals surface area contributed by atoms with Crippen molar-refractivity contribution in [3.8, 4) is 0 Å². The summed E-state index contributed by atoms with van der Waals surface area (Å²) < 4.78 is 2.74. The molecule has 0 spiro atoms. The van der Waals surface area contributed by atoms with Crippen molar-refractivity contribution >= 4 is 27.5 Å². The monoisotopic (exact) mass is 355 g/mol. The summed E-state index contributed by atoms with van der Waals surface area (Å²) in [4.78, 5) is 12.1. The lowest BCUT2D eigenvalue weighted by atomic mass is 10.2. The number of halogens is 1. The lowest BCUT2D eigenvalue weighted by molar-refractivity contribution is 0.102. The summed E-state index contributed by atoms with van der Waals surface area (Å²) in [5, 5.41) is 7.11. The molecule has 0 radical (unpaired) electrons. The number of benzene rings is 2. The standard InChI is InChI=1S/C17H14BrN3O/c18-15-8-6-14(7-9-15)17(22)20-16-10-19-21(12-16)11-13-4-2-1-3-5-13/h1-10,12H,11H2,(H,20,22). The maximum absolute atomic E-state index is 12.1. The molecule has 3 aromatic rings. The van der Waals surface area contributed by atoms with Gasteiger partial charge in [-0.15, -0.1) is 0 Å². The zero-order valence-corrected chi connectivity index (χ0v) is 13.3. The quantitative estimate of drug-likeness (QED) is 0.770. The van der Waals surface area contributed by atoms with Crippen molar-refractivity contribution in [1.82, 2.24) is 9.78 Å². The molecule has 1 heterocycles. The molecule has 0 aliphatic carbocycles. The van der Waals surface area contributed by atoms with E-state index < -0.39 is 0 Å². The van der Waals surface area contributed by atoms with E-state index in [1.54, 1.807) is 23.0 Å². The van der Waals surface area contributed by atoms with Crippen LogP contribution in [-0.2, 0) is 6.54 Å². The first-order chi connectivity index (χ1) is 10.7. The number of amides is 1. The number of carbonyl (C=O) groups excluding carboxylic acids is 1. The first-order valence-corrected chi connectivity index (χ1v) is 7.63. The van der Waals surface area contributed by atoms with Crippen molar-refractivity contribution in [2.45, 2.75) is 6.54 Å². The highest BCUT2D eigenvalue weighted by molar-refractivity contribution is 9.10. The summed E-state index contributed by atoms with van der Waals surface area (Å²) in [6.07, 6.45) is 3.48. The Morgan fingerprint density at radius 1 is 1.09 bits per heavy atom. The summed E-state index contributed by atoms with van der Waals surface area (Å²) >= 11 is 3.35. The van der Waals surface area contributed by atoms with E-state index in [1.807, 2.05) is 48.7 Å². The highest BCUT2D eigenvalue weighted by Gasteiger charge is 2.07. The largest absolute Gasteiger partial charge is 0.319 e. The molecule has 1 N–H and O–H groups in total. The fourth-order valence-electron chi connectivity index (χ4n) is 2.09. The molecule has 0 aliphatic rings. The van der Waals surface area contributed by atoms with Crippen molar-refractivity contribution in [2.24, 2.45) is 0 Å². The number of carbonyl (C=O) groups is 1. The van der Waals surface area contributed by atoms with Crippen LogP contribution in [0.5, 0.6) is 0 Å². The van der Waals surface area contributed by atoms with E-state index in [0.717, 1.165) is 10.0 Å². The fraction of sp³-hybridized carbons (Fsp3) is 0.0588. The highest BCUT2D eigenvalue weighted by atomic mass is 79.9. The number of hydrogen-bond donors (Lipinski definition) is 1. The third kappa shape index (κ3) is 3.62. The van der Waals surface area contributed by atoms with Crippen molar-refractivity contribution in [1.29, 1.82) is 0 Å². The predicted molar refractivity (Wildman–Crippen MR) is 89.9 cm³/mol. The molecule has 1 aromatic heterocycles. The van der Waals surface area contributed by atoms with Gasteiger partial charge in [-0.1, -0.05) is 46.3 Å². The number of nitrogens with zero attached hydrogens (tertiary/aromatic N) is 2. The van der Waals surface area contributed by atoms with Crippen LogP contribution in [-0.4, -0.2) is 15.7 Å². The van der Waals surface area contributed by atoms with Gasteiger partial charge in [-0.3, -0.25) is 9.48 Å². The lowest BCUT2D eigenvalue weighted by Gasteiger charge is -2.03. The molecule has 0 fully saturated rings. The van der Waals surface area contributed by atoms with Crippen LogP contribution in [0.3, 0.4) is 0 Å². The summed E-state index contributed by atoms with van der Waals surface area (Å²) in [6, 6.07) is 17.3. The molecular weight excluding hydrogens is 342 g/mol. The molecule has 5 heteroatoms. The van der Waals surface area contributed by atoms with Gasteiger partial charge in [-0.05, 0) is 29.8 Å². The minimum Gasteiger partial charge on any atom is -0.319 e. The first-order valence-electron chi connectivity index (χ1n) is 6.84. The smallest absolute Gasteiger partial charge is 0.255 e. The van der Waals surface area contributed by atoms with E-state index in [9.17, 15) is 4.79 Å². The molecule has 0 bridgehead atoms. The number of hydrogen-bond acceptors (Lipinski definition) is 2. The zero-order chi connectivity index (χ0) is 15.4. The SMILES string of the molecule is O=C(Nc1cnn(Cc2ccccc2)c1)c1ccc(Br)cc1. The van der Waals surface area contributed by atoms with Gasteiger partial charge in [0.1, 0.15) is 0 Å². The Bertz CT molecular complexity index is 766. The van der Waals surface area contributed by atoms with Crippen LogP contribution in [0.25, 0.3) is 0 Å². The van der Waals surface area contributed by atoms with Crippen molar-refractivity contribution in [3.05, 3.63) is 82.6 Å². The Morgan fingerprint density at radius 3 is 2.55 bits per heavy atom. The third-order valence-electron chi connectivity index (χ3n) is 3.18. The average Bonchev–Trinajstić information content (AvgIpc) is 2.96. The zero-order valence-electron chi connectivity index (χ0n) is 11.7. The van der Waals surface area contributed by atoms with Crippen LogP contribution < -0.4 is 5.32 Å². The number of nitrogens with one attached hydrogen (secondary N) is 1. The van der Waals surface area contributed by atoms with Gasteiger partial charge >= 0.3 is 0 Å². The summed E-state index contributed by atoms with van der Waals surface area (Å²) in [6.45, 7) is 0.676. The van der Waals surface area contributed by atoms with Crippen molar-refractivity contribution in [3.63, 3.8) is 0 Å². The molecule has 0 unspecified atom stereocenters. The second-order valence-corrected chi connectivity index (χ2v) is 5.79. The molecule has 0 atom stereocenters. The number of rotatable bonds is 4. The summed E-state index contributed by atoms with van der Waals surface area (Å²) in [7, 11) is 0. The molecule has 0 saturated carbocycles. The molecule has 0 aliphatic heterocycles. The maximum atomic E-state index is 12.1. The van der Waals surface area contributed by atoms with Crippen molar-refractivity contribution < 1.29 is 4.79 Å². The van der Waals surface area contributed by atoms with Crippen molar-refractivity contribution in [2.75, 3.05) is 5.32 Å². The molecule has 0 saturated heterocycles. The Hall–Kier alpha value is -2.40. The normalized spacial score (nSPS) is 10.4. The van der Waals surface area contributed by atoms with Gasteiger partial charge < -0.3 is 5.32 Å². The fourth-order valence-corrected chi connectivity index (χ4v) is 2.35. The average molecular weight is 356 g/mol. The van der Waals surface area contributed by atoms with E-state index >= 15 is 0 Å². The topological polar surface area (TPSA) is 46.9 Å². The van der Waals surface area contributed by atoms with E-state index in [0.29, 0.717) is 17.8 Å². The van der Waals surface area contributed by atoms with Gasteiger partial charge in [0.15, 0.2) is 0 Å². The van der Waals surface area contributed by atoms with Crippen LogP contribution in [0.4, 0.5) is 5.69 Å². The van der Waals surface area contributed by atoms with Gasteiger partial charge in [-0.2, -0.15) is 5.10 Å². The Kier molecular flexibility index (Phi) is 4.34. The van der Waals surface area contributed by atoms with Gasteiger partial charge in [-0.25, -0.2) is 0 Å². The van der Waals surface area contributed by atoms with Crippen LogP contribution in [0, 0.1) is 0 Å². The van der Waals surface area contributed by atoms with Gasteiger partial charge in [0.25, 0.3) is 5.91 Å². The minimum absolute atomic E-state index is 0.147. The molecule has 1 amide bonds. The number of anilines is 1. The molecule has 3 rings (SSSR count). The first kappa shape index (κ1) is 14.5. The molecular formula is C17H14BrN3O. The highest BCUT2D eigenvalue weighted by Crippen LogP contribution is 2.13. The van der Waals surface area contributed by atoms with E-state index in [1.165, 1.54) is 0 Å². The molecule has 2 aromatic carbocycles. The Labute approximate surface area is 136 Å². The van der Waals surface area contributed by atoms with Gasteiger partial charge in [0.05, 0.1) is 18.4 Å². The van der Waals surface area contributed by atoms with Gasteiger partial charge in [0, 0.05) is 16.2 Å². The molecule has 4 nitrogen and oxygen atoms in total. The van der Waals surface area contributed by atoms with E-state index in [4.69, 9.17) is 0 Å². The van der Waals surface area contributed by atoms with E-state index in [-0.39, 0.29) is 5.91 Å². The predicted octanol–water partition coefficient (Wildman–Crippen LogP) is 3.95. The Morgan fingerprint density at radius 2 is 1.82 bits per heavy atom. The summed E-state index contributed by atoms with van der Waals surface area (Å²) in [5.41, 5.74) is 2.46. The summed E-state index contributed by atoms with van der Waals surface area (Å²) in [5.74, 6) is -0.147. The maximum Gasteiger partial charge on any atom is 0.255 e. The van der Waals surface area contributed by atoms with Gasteiger partial charge in [0.2, 0.25) is 0 Å². The lowest BCUT2D eigenvalue weighted by Crippen LogP contribution is -2.11. The minimum atomic E-state index is -0.147.